The molecule has 0 bridgehead atoms. The summed E-state index contributed by atoms with van der Waals surface area (Å²) in [7, 11) is 0. The molecule has 2 atom stereocenters. The minimum Gasteiger partial charge on any atom is -0.427 e. The lowest BCUT2D eigenvalue weighted by atomic mass is 9.71. The molecule has 0 aliphatic carbocycles. The van der Waals surface area contributed by atoms with Gasteiger partial charge >= 0.3 is 5.63 Å². The summed E-state index contributed by atoms with van der Waals surface area (Å²) in [5, 5.41) is 13.2. The maximum Gasteiger partial charge on any atom is 0.336 e. The number of carbonyl (C=O) groups excluding carboxylic acids is 2. The van der Waals surface area contributed by atoms with Gasteiger partial charge in [-0.25, -0.2) is 4.79 Å². The van der Waals surface area contributed by atoms with Gasteiger partial charge in [0.2, 0.25) is 5.91 Å². The third-order valence-corrected chi connectivity index (χ3v) is 5.16. The minimum atomic E-state index is -0.941. The first-order valence-electron chi connectivity index (χ1n) is 8.22. The summed E-state index contributed by atoms with van der Waals surface area (Å²) < 4.78 is 5.05. The molecular formula is C17H22N2O5. The highest BCUT2D eigenvalue weighted by molar-refractivity contribution is 5.97. The Labute approximate surface area is 139 Å². The van der Waals surface area contributed by atoms with Crippen LogP contribution in [0.3, 0.4) is 0 Å². The number of hydrogen-bond acceptors (Lipinski definition) is 5. The molecule has 3 heterocycles. The van der Waals surface area contributed by atoms with Crippen LogP contribution >= 0.6 is 0 Å². The molecule has 130 valence electrons. The van der Waals surface area contributed by atoms with Crippen LogP contribution in [0.2, 0.25) is 0 Å². The number of aliphatic hydroxyl groups is 1. The molecule has 0 radical (unpaired) electrons. The monoisotopic (exact) mass is 334 g/mol. The second-order valence-electron chi connectivity index (χ2n) is 6.73. The van der Waals surface area contributed by atoms with E-state index in [1.54, 1.807) is 18.7 Å². The van der Waals surface area contributed by atoms with E-state index < -0.39 is 17.1 Å². The zero-order valence-electron chi connectivity index (χ0n) is 13.9. The smallest absolute Gasteiger partial charge is 0.336 e. The summed E-state index contributed by atoms with van der Waals surface area (Å²) in [5.41, 5.74) is -0.512. The first kappa shape index (κ1) is 16.7. The zero-order chi connectivity index (χ0) is 17.5. The van der Waals surface area contributed by atoms with E-state index >= 15 is 0 Å². The van der Waals surface area contributed by atoms with Crippen LogP contribution in [0, 0.1) is 19.3 Å². The van der Waals surface area contributed by atoms with E-state index in [2.05, 4.69) is 5.32 Å². The number of nitrogens with one attached hydrogen (secondary N) is 1. The summed E-state index contributed by atoms with van der Waals surface area (Å²) in [6, 6.07) is 1.29. The van der Waals surface area contributed by atoms with Gasteiger partial charge in [-0.1, -0.05) is 0 Å². The predicted octanol–water partition coefficient (Wildman–Crippen LogP) is 0.360. The first-order chi connectivity index (χ1) is 11.3. The molecule has 2 saturated heterocycles. The van der Waals surface area contributed by atoms with E-state index in [1.807, 2.05) is 0 Å². The molecule has 1 spiro atoms. The molecule has 2 fully saturated rings. The fourth-order valence-electron chi connectivity index (χ4n) is 3.85. The van der Waals surface area contributed by atoms with Gasteiger partial charge < -0.3 is 19.7 Å². The maximum absolute atomic E-state index is 12.9. The molecule has 2 N–H and O–H groups in total. The van der Waals surface area contributed by atoms with E-state index in [1.165, 1.54) is 6.07 Å². The second kappa shape index (κ2) is 6.05. The van der Waals surface area contributed by atoms with Crippen molar-refractivity contribution in [3.05, 3.63) is 33.4 Å². The standard InChI is InChI=1S/C17H22N2O5/c1-10-8-13(21)24-11(2)14(10)15(22)19-7-4-12(20)17(9-19)5-3-6-18-16(17)23/h8,12,20H,3-7,9H2,1-2H3,(H,18,23)/t12-,17-/m1/s1. The van der Waals surface area contributed by atoms with E-state index in [0.29, 0.717) is 37.1 Å². The van der Waals surface area contributed by atoms with E-state index in [9.17, 15) is 19.5 Å². The van der Waals surface area contributed by atoms with E-state index in [-0.39, 0.29) is 24.1 Å². The molecule has 7 heteroatoms. The number of aryl methyl sites for hydroxylation is 2. The molecule has 2 amide bonds. The van der Waals surface area contributed by atoms with Gasteiger partial charge in [-0.05, 0) is 38.7 Å². The Kier molecular flexibility index (Phi) is 4.21. The van der Waals surface area contributed by atoms with Crippen LogP contribution < -0.4 is 10.9 Å². The van der Waals surface area contributed by atoms with Gasteiger partial charge in [0.25, 0.3) is 5.91 Å². The van der Waals surface area contributed by atoms with Crippen molar-refractivity contribution in [2.24, 2.45) is 5.41 Å². The number of likely N-dealkylation sites (tertiary alicyclic amines) is 1. The van der Waals surface area contributed by atoms with Crippen LogP contribution in [-0.2, 0) is 4.79 Å². The molecule has 0 aromatic carbocycles. The Morgan fingerprint density at radius 2 is 2.17 bits per heavy atom. The molecule has 0 saturated carbocycles. The number of rotatable bonds is 1. The van der Waals surface area contributed by atoms with Crippen molar-refractivity contribution < 1.29 is 19.1 Å². The van der Waals surface area contributed by atoms with Crippen molar-refractivity contribution in [1.82, 2.24) is 10.2 Å². The molecule has 0 unspecified atom stereocenters. The Bertz CT molecular complexity index is 715. The molecule has 1 aromatic rings. The first-order valence-corrected chi connectivity index (χ1v) is 8.22. The van der Waals surface area contributed by atoms with Crippen molar-refractivity contribution in [3.63, 3.8) is 0 Å². The lowest BCUT2D eigenvalue weighted by molar-refractivity contribution is -0.147. The van der Waals surface area contributed by atoms with Gasteiger partial charge in [-0.2, -0.15) is 0 Å². The number of amides is 2. The summed E-state index contributed by atoms with van der Waals surface area (Å²) in [6.45, 7) is 4.43. The summed E-state index contributed by atoms with van der Waals surface area (Å²) >= 11 is 0. The van der Waals surface area contributed by atoms with E-state index in [4.69, 9.17) is 4.42 Å². The SMILES string of the molecule is Cc1cc(=O)oc(C)c1C(=O)N1CC[C@@H](O)[C@@]2(CCCNC2=O)C1. The maximum atomic E-state index is 12.9. The van der Waals surface area contributed by atoms with Crippen LogP contribution in [0.5, 0.6) is 0 Å². The normalized spacial score (nSPS) is 27.2. The van der Waals surface area contributed by atoms with Crippen molar-refractivity contribution >= 4 is 11.8 Å². The number of aliphatic hydroxyl groups excluding tert-OH is 1. The topological polar surface area (TPSA) is 99.8 Å². The minimum absolute atomic E-state index is 0.177. The van der Waals surface area contributed by atoms with E-state index in [0.717, 1.165) is 6.42 Å². The second-order valence-corrected chi connectivity index (χ2v) is 6.73. The predicted molar refractivity (Wildman–Crippen MR) is 85.7 cm³/mol. The summed E-state index contributed by atoms with van der Waals surface area (Å²) in [6.07, 6.45) is 0.945. The highest BCUT2D eigenvalue weighted by Gasteiger charge is 2.50. The van der Waals surface area contributed by atoms with Crippen LogP contribution in [-0.4, -0.2) is 47.6 Å². The van der Waals surface area contributed by atoms with Crippen LogP contribution in [0.15, 0.2) is 15.3 Å². The lowest BCUT2D eigenvalue weighted by Crippen LogP contribution is -2.62. The van der Waals surface area contributed by atoms with Crippen LogP contribution in [0.4, 0.5) is 0 Å². The number of carbonyl (C=O) groups is 2. The Morgan fingerprint density at radius 3 is 2.83 bits per heavy atom. The molecule has 24 heavy (non-hydrogen) atoms. The fourth-order valence-corrected chi connectivity index (χ4v) is 3.85. The Hall–Kier alpha value is -2.15. The number of piperidine rings is 2. The molecule has 7 nitrogen and oxygen atoms in total. The Balaban J connectivity index is 1.92. The van der Waals surface area contributed by atoms with Crippen molar-refractivity contribution in [1.29, 1.82) is 0 Å². The number of nitrogens with zero attached hydrogens (tertiary/aromatic N) is 1. The third kappa shape index (κ3) is 2.62. The van der Waals surface area contributed by atoms with Gasteiger partial charge in [-0.3, -0.25) is 9.59 Å². The quantitative estimate of drug-likeness (QED) is 0.772. The van der Waals surface area contributed by atoms with Gasteiger partial charge in [0, 0.05) is 25.7 Å². The third-order valence-electron chi connectivity index (χ3n) is 5.16. The molecule has 2 aliphatic heterocycles. The van der Waals surface area contributed by atoms with Gasteiger partial charge in [0.15, 0.2) is 0 Å². The molecule has 1 aromatic heterocycles. The average Bonchev–Trinajstić information content (AvgIpc) is 2.51. The molecule has 3 rings (SSSR count). The molecular weight excluding hydrogens is 312 g/mol. The Morgan fingerprint density at radius 1 is 1.42 bits per heavy atom. The highest BCUT2D eigenvalue weighted by atomic mass is 16.4. The van der Waals surface area contributed by atoms with Gasteiger partial charge in [0.05, 0.1) is 17.1 Å². The largest absolute Gasteiger partial charge is 0.427 e. The lowest BCUT2D eigenvalue weighted by Gasteiger charge is -2.46. The summed E-state index contributed by atoms with van der Waals surface area (Å²) in [4.78, 5) is 38.3. The van der Waals surface area contributed by atoms with Gasteiger partial charge in [0.1, 0.15) is 5.76 Å². The van der Waals surface area contributed by atoms with Crippen molar-refractivity contribution in [2.75, 3.05) is 19.6 Å². The highest BCUT2D eigenvalue weighted by Crippen LogP contribution is 2.37. The van der Waals surface area contributed by atoms with Crippen molar-refractivity contribution in [2.45, 2.75) is 39.2 Å². The van der Waals surface area contributed by atoms with Crippen molar-refractivity contribution in [3.8, 4) is 0 Å². The summed E-state index contributed by atoms with van der Waals surface area (Å²) in [5.74, 6) is -0.177. The number of hydrogen-bond donors (Lipinski definition) is 2. The fraction of sp³-hybridized carbons (Fsp3) is 0.588. The molecule has 2 aliphatic rings. The van der Waals surface area contributed by atoms with Crippen LogP contribution in [0.25, 0.3) is 0 Å². The average molecular weight is 334 g/mol. The van der Waals surface area contributed by atoms with Gasteiger partial charge in [-0.15, -0.1) is 0 Å². The van der Waals surface area contributed by atoms with Crippen LogP contribution in [0.1, 0.15) is 40.9 Å². The zero-order valence-corrected chi connectivity index (χ0v) is 13.9.